The molecule has 2 aromatic rings. The number of aliphatic imine (C=N–C) groups is 1. The molecular weight excluding hydrogens is 495 g/mol. The van der Waals surface area contributed by atoms with Crippen LogP contribution in [0.3, 0.4) is 0 Å². The Bertz CT molecular complexity index is 919. The Morgan fingerprint density at radius 3 is 2.83 bits per heavy atom. The molecule has 0 bridgehead atoms. The van der Waals surface area contributed by atoms with E-state index < -0.39 is 0 Å². The standard InChI is InChI=1S/C22H26N4O3.HI/c1-23-22(25-14-16-8-9-19-20(13-16)29-15-28-19)24-11-4-7-21(27)26-12-10-17-5-2-3-6-18(17)26;/h2-3,5-6,8-9,13H,4,7,10-12,14-15H2,1H3,(H2,23,24,25);1H. The number of rotatable bonds is 6. The maximum atomic E-state index is 12.6. The topological polar surface area (TPSA) is 75.2 Å². The highest BCUT2D eigenvalue weighted by Crippen LogP contribution is 2.32. The second kappa shape index (κ2) is 10.5. The van der Waals surface area contributed by atoms with Crippen LogP contribution in [0.4, 0.5) is 5.69 Å². The molecule has 0 aliphatic carbocycles. The number of nitrogens with one attached hydrogen (secondary N) is 2. The van der Waals surface area contributed by atoms with Crippen molar-refractivity contribution >= 4 is 41.5 Å². The lowest BCUT2D eigenvalue weighted by atomic mass is 10.2. The Hall–Kier alpha value is -2.49. The van der Waals surface area contributed by atoms with Gasteiger partial charge in [-0.25, -0.2) is 0 Å². The molecule has 0 spiro atoms. The van der Waals surface area contributed by atoms with E-state index in [0.29, 0.717) is 25.5 Å². The first-order chi connectivity index (χ1) is 14.2. The summed E-state index contributed by atoms with van der Waals surface area (Å²) in [6.45, 7) is 2.36. The molecule has 160 valence electrons. The van der Waals surface area contributed by atoms with E-state index in [9.17, 15) is 4.79 Å². The molecule has 0 unspecified atom stereocenters. The van der Waals surface area contributed by atoms with E-state index in [1.807, 2.05) is 41.3 Å². The summed E-state index contributed by atoms with van der Waals surface area (Å²) in [7, 11) is 1.74. The molecule has 2 aromatic carbocycles. The van der Waals surface area contributed by atoms with Crippen LogP contribution in [0.25, 0.3) is 0 Å². The lowest BCUT2D eigenvalue weighted by Gasteiger charge is -2.17. The van der Waals surface area contributed by atoms with Gasteiger partial charge in [0.05, 0.1) is 0 Å². The Kier molecular flexibility index (Phi) is 7.78. The van der Waals surface area contributed by atoms with Gasteiger partial charge in [-0.3, -0.25) is 9.79 Å². The Labute approximate surface area is 193 Å². The number of anilines is 1. The normalized spacial score (nSPS) is 14.2. The van der Waals surface area contributed by atoms with E-state index >= 15 is 0 Å². The molecule has 2 aliphatic rings. The molecule has 0 saturated carbocycles. The molecule has 30 heavy (non-hydrogen) atoms. The molecule has 0 atom stereocenters. The number of carbonyl (C=O) groups is 1. The third-order valence-corrected chi connectivity index (χ3v) is 5.17. The van der Waals surface area contributed by atoms with E-state index in [4.69, 9.17) is 9.47 Å². The van der Waals surface area contributed by atoms with Crippen LogP contribution in [0.15, 0.2) is 47.5 Å². The monoisotopic (exact) mass is 522 g/mol. The largest absolute Gasteiger partial charge is 0.454 e. The number of hydrogen-bond acceptors (Lipinski definition) is 4. The number of benzene rings is 2. The molecule has 2 N–H and O–H groups in total. The van der Waals surface area contributed by atoms with E-state index in [-0.39, 0.29) is 36.7 Å². The van der Waals surface area contributed by atoms with Crippen LogP contribution in [-0.2, 0) is 17.8 Å². The average molecular weight is 522 g/mol. The molecular formula is C22H27IN4O3. The number of guanidine groups is 1. The van der Waals surface area contributed by atoms with E-state index in [1.165, 1.54) is 5.56 Å². The predicted molar refractivity (Wildman–Crippen MR) is 128 cm³/mol. The lowest BCUT2D eigenvalue weighted by molar-refractivity contribution is -0.118. The minimum Gasteiger partial charge on any atom is -0.454 e. The second-order valence-corrected chi connectivity index (χ2v) is 7.07. The number of halogens is 1. The quantitative estimate of drug-likeness (QED) is 0.264. The van der Waals surface area contributed by atoms with Gasteiger partial charge in [0.1, 0.15) is 0 Å². The van der Waals surface area contributed by atoms with Crippen molar-refractivity contribution in [1.82, 2.24) is 10.6 Å². The minimum atomic E-state index is 0. The van der Waals surface area contributed by atoms with Crippen LogP contribution in [-0.4, -0.2) is 38.8 Å². The van der Waals surface area contributed by atoms with Crippen molar-refractivity contribution in [1.29, 1.82) is 0 Å². The van der Waals surface area contributed by atoms with Crippen molar-refractivity contribution in [2.75, 3.05) is 31.8 Å². The van der Waals surface area contributed by atoms with Gasteiger partial charge in [0.25, 0.3) is 0 Å². The SMILES string of the molecule is CN=C(NCCCC(=O)N1CCc2ccccc21)NCc1ccc2c(c1)OCO2.I. The van der Waals surface area contributed by atoms with Gasteiger partial charge >= 0.3 is 0 Å². The van der Waals surface area contributed by atoms with Gasteiger partial charge in [-0.05, 0) is 42.2 Å². The van der Waals surface area contributed by atoms with Gasteiger partial charge in [0.15, 0.2) is 17.5 Å². The number of nitrogens with zero attached hydrogens (tertiary/aromatic N) is 2. The van der Waals surface area contributed by atoms with Crippen molar-refractivity contribution in [3.8, 4) is 11.5 Å². The first-order valence-electron chi connectivity index (χ1n) is 9.96. The summed E-state index contributed by atoms with van der Waals surface area (Å²) in [5.41, 5.74) is 3.40. The molecule has 7 nitrogen and oxygen atoms in total. The average Bonchev–Trinajstić information content (AvgIpc) is 3.39. The van der Waals surface area contributed by atoms with Crippen LogP contribution in [0.5, 0.6) is 11.5 Å². The zero-order valence-electron chi connectivity index (χ0n) is 17.0. The molecule has 8 heteroatoms. The van der Waals surface area contributed by atoms with Gasteiger partial charge in [-0.15, -0.1) is 24.0 Å². The lowest BCUT2D eigenvalue weighted by Crippen LogP contribution is -2.37. The molecule has 0 fully saturated rings. The number of amides is 1. The number of hydrogen-bond donors (Lipinski definition) is 2. The summed E-state index contributed by atoms with van der Waals surface area (Å²) < 4.78 is 10.7. The number of para-hydroxylation sites is 1. The van der Waals surface area contributed by atoms with Gasteiger partial charge in [-0.2, -0.15) is 0 Å². The summed E-state index contributed by atoms with van der Waals surface area (Å²) in [5.74, 6) is 2.44. The minimum absolute atomic E-state index is 0. The van der Waals surface area contributed by atoms with Crippen molar-refractivity contribution < 1.29 is 14.3 Å². The third-order valence-electron chi connectivity index (χ3n) is 5.17. The molecule has 1 amide bonds. The van der Waals surface area contributed by atoms with Crippen molar-refractivity contribution in [2.24, 2.45) is 4.99 Å². The highest BCUT2D eigenvalue weighted by molar-refractivity contribution is 14.0. The number of ether oxygens (including phenoxy) is 2. The fraction of sp³-hybridized carbons (Fsp3) is 0.364. The zero-order chi connectivity index (χ0) is 20.1. The predicted octanol–water partition coefficient (Wildman–Crippen LogP) is 3.07. The summed E-state index contributed by atoms with van der Waals surface area (Å²) >= 11 is 0. The van der Waals surface area contributed by atoms with Crippen LogP contribution in [0.2, 0.25) is 0 Å². The van der Waals surface area contributed by atoms with E-state index in [2.05, 4.69) is 21.7 Å². The van der Waals surface area contributed by atoms with Crippen molar-refractivity contribution in [3.63, 3.8) is 0 Å². The summed E-state index contributed by atoms with van der Waals surface area (Å²) in [6.07, 6.45) is 2.21. The molecule has 2 heterocycles. The Morgan fingerprint density at radius 2 is 1.97 bits per heavy atom. The number of fused-ring (bicyclic) bond motifs is 2. The van der Waals surface area contributed by atoms with Gasteiger partial charge in [-0.1, -0.05) is 24.3 Å². The summed E-state index contributed by atoms with van der Waals surface area (Å²) in [4.78, 5) is 18.7. The highest BCUT2D eigenvalue weighted by atomic mass is 127. The highest BCUT2D eigenvalue weighted by Gasteiger charge is 2.23. The zero-order valence-corrected chi connectivity index (χ0v) is 19.3. The fourth-order valence-corrected chi connectivity index (χ4v) is 3.64. The van der Waals surface area contributed by atoms with Crippen molar-refractivity contribution in [2.45, 2.75) is 25.8 Å². The van der Waals surface area contributed by atoms with Crippen molar-refractivity contribution in [3.05, 3.63) is 53.6 Å². The Morgan fingerprint density at radius 1 is 1.13 bits per heavy atom. The fourth-order valence-electron chi connectivity index (χ4n) is 3.64. The maximum Gasteiger partial charge on any atom is 0.231 e. The third kappa shape index (κ3) is 5.16. The van der Waals surface area contributed by atoms with Crippen LogP contribution < -0.4 is 25.0 Å². The first-order valence-corrected chi connectivity index (χ1v) is 9.96. The second-order valence-electron chi connectivity index (χ2n) is 7.07. The van der Waals surface area contributed by atoms with Gasteiger partial charge < -0.3 is 25.0 Å². The molecule has 0 radical (unpaired) electrons. The van der Waals surface area contributed by atoms with E-state index in [0.717, 1.165) is 42.1 Å². The maximum absolute atomic E-state index is 12.6. The van der Waals surface area contributed by atoms with Crippen LogP contribution in [0, 0.1) is 0 Å². The van der Waals surface area contributed by atoms with E-state index in [1.54, 1.807) is 7.05 Å². The van der Waals surface area contributed by atoms with Crippen LogP contribution in [0.1, 0.15) is 24.0 Å². The van der Waals surface area contributed by atoms with Gasteiger partial charge in [0, 0.05) is 38.8 Å². The number of carbonyl (C=O) groups excluding carboxylic acids is 1. The molecule has 0 aromatic heterocycles. The smallest absolute Gasteiger partial charge is 0.231 e. The van der Waals surface area contributed by atoms with Gasteiger partial charge in [0.2, 0.25) is 12.7 Å². The summed E-state index contributed by atoms with van der Waals surface area (Å²) in [6, 6.07) is 14.0. The molecule has 0 saturated heterocycles. The van der Waals surface area contributed by atoms with Crippen LogP contribution >= 0.6 is 24.0 Å². The first kappa shape index (κ1) is 22.2. The molecule has 2 aliphatic heterocycles. The Balaban J connectivity index is 0.00000256. The summed E-state index contributed by atoms with van der Waals surface area (Å²) in [5, 5.41) is 6.55. The molecule has 4 rings (SSSR count).